The lowest BCUT2D eigenvalue weighted by atomic mass is 10.1. The Hall–Kier alpha value is -4.46. The van der Waals surface area contributed by atoms with E-state index in [1.807, 2.05) is 51.1 Å². The number of hydrazone groups is 1. The number of nitrogens with one attached hydrogen (secondary N) is 3. The molecule has 3 rings (SSSR count). The van der Waals surface area contributed by atoms with E-state index in [0.717, 1.165) is 22.4 Å². The van der Waals surface area contributed by atoms with Crippen molar-refractivity contribution in [3.8, 4) is 5.75 Å². The minimum Gasteiger partial charge on any atom is -0.484 e. The summed E-state index contributed by atoms with van der Waals surface area (Å²) < 4.78 is 5.56. The Balaban J connectivity index is 1.49. The second kappa shape index (κ2) is 11.4. The first-order valence-electron chi connectivity index (χ1n) is 10.6. The number of carbonyl (C=O) groups excluding carboxylic acids is 3. The number of nitrogens with zero attached hydrogens (tertiary/aromatic N) is 1. The van der Waals surface area contributed by atoms with E-state index < -0.39 is 11.8 Å². The number of ether oxygens (including phenoxy) is 1. The minimum absolute atomic E-state index is 0.163. The Morgan fingerprint density at radius 3 is 2.35 bits per heavy atom. The summed E-state index contributed by atoms with van der Waals surface area (Å²) in [7, 11) is 0. The molecule has 3 N–H and O–H groups in total. The highest BCUT2D eigenvalue weighted by atomic mass is 16.5. The van der Waals surface area contributed by atoms with Crippen LogP contribution in [0.3, 0.4) is 0 Å². The Morgan fingerprint density at radius 1 is 0.824 bits per heavy atom. The van der Waals surface area contributed by atoms with Crippen LogP contribution in [0.5, 0.6) is 5.75 Å². The summed E-state index contributed by atoms with van der Waals surface area (Å²) in [6, 6.07) is 19.7. The van der Waals surface area contributed by atoms with E-state index in [1.54, 1.807) is 36.4 Å². The monoisotopic (exact) mass is 458 g/mol. The van der Waals surface area contributed by atoms with Crippen LogP contribution in [0.4, 0.5) is 11.4 Å². The average molecular weight is 459 g/mol. The topological polar surface area (TPSA) is 109 Å². The van der Waals surface area contributed by atoms with Gasteiger partial charge in [0, 0.05) is 11.4 Å². The van der Waals surface area contributed by atoms with Crippen molar-refractivity contribution in [2.45, 2.75) is 20.8 Å². The van der Waals surface area contributed by atoms with Gasteiger partial charge in [0.15, 0.2) is 6.61 Å². The fourth-order valence-electron chi connectivity index (χ4n) is 3.08. The molecular weight excluding hydrogens is 432 g/mol. The predicted molar refractivity (Wildman–Crippen MR) is 132 cm³/mol. The SMILES string of the molecule is Cc1ccc(NC(=O)COc2cccc(/C=N\NC(=O)C(=O)Nc3ccccc3C)c2)c(C)c1. The zero-order chi connectivity index (χ0) is 24.5. The fourth-order valence-corrected chi connectivity index (χ4v) is 3.08. The highest BCUT2D eigenvalue weighted by molar-refractivity contribution is 6.39. The molecule has 3 amide bonds. The maximum atomic E-state index is 12.2. The van der Waals surface area contributed by atoms with Crippen LogP contribution in [0.1, 0.15) is 22.3 Å². The van der Waals surface area contributed by atoms with Crippen molar-refractivity contribution in [1.29, 1.82) is 0 Å². The maximum Gasteiger partial charge on any atom is 0.329 e. The molecule has 0 aliphatic heterocycles. The van der Waals surface area contributed by atoms with Gasteiger partial charge in [-0.3, -0.25) is 14.4 Å². The second-order valence-electron chi connectivity index (χ2n) is 7.70. The summed E-state index contributed by atoms with van der Waals surface area (Å²) in [6.07, 6.45) is 1.38. The van der Waals surface area contributed by atoms with Crippen LogP contribution in [0.15, 0.2) is 71.8 Å². The third kappa shape index (κ3) is 7.03. The number of amides is 3. The summed E-state index contributed by atoms with van der Waals surface area (Å²) in [5.41, 5.74) is 7.03. The minimum atomic E-state index is -0.894. The number of benzene rings is 3. The zero-order valence-corrected chi connectivity index (χ0v) is 19.2. The fraction of sp³-hybridized carbons (Fsp3) is 0.154. The maximum absolute atomic E-state index is 12.2. The molecule has 0 aromatic heterocycles. The van der Waals surface area contributed by atoms with Crippen molar-refractivity contribution in [1.82, 2.24) is 5.43 Å². The molecule has 0 fully saturated rings. The van der Waals surface area contributed by atoms with E-state index in [0.29, 0.717) is 17.0 Å². The Kier molecular flexibility index (Phi) is 8.12. The molecule has 0 atom stereocenters. The normalized spacial score (nSPS) is 10.6. The standard InChI is InChI=1S/C26H26N4O4/c1-17-11-12-23(19(3)13-17)28-24(31)16-34-21-9-6-8-20(14-21)15-27-30-26(33)25(32)29-22-10-5-4-7-18(22)2/h4-15H,16H2,1-3H3,(H,28,31)(H,29,32)(H,30,33)/b27-15-. The number of para-hydroxylation sites is 1. The first kappa shape index (κ1) is 24.2. The molecule has 34 heavy (non-hydrogen) atoms. The van der Waals surface area contributed by atoms with Crippen LogP contribution >= 0.6 is 0 Å². The van der Waals surface area contributed by atoms with Crippen LogP contribution in [0, 0.1) is 20.8 Å². The van der Waals surface area contributed by atoms with E-state index >= 15 is 0 Å². The Morgan fingerprint density at radius 2 is 1.59 bits per heavy atom. The first-order chi connectivity index (χ1) is 16.3. The van der Waals surface area contributed by atoms with Crippen LogP contribution < -0.4 is 20.8 Å². The van der Waals surface area contributed by atoms with E-state index in [-0.39, 0.29) is 12.5 Å². The van der Waals surface area contributed by atoms with Crippen molar-refractivity contribution in [2.24, 2.45) is 5.10 Å². The third-order valence-electron chi connectivity index (χ3n) is 4.86. The van der Waals surface area contributed by atoms with Gasteiger partial charge in [-0.05, 0) is 61.7 Å². The molecule has 0 aliphatic rings. The van der Waals surface area contributed by atoms with Gasteiger partial charge in [-0.15, -0.1) is 0 Å². The molecule has 0 unspecified atom stereocenters. The summed E-state index contributed by atoms with van der Waals surface area (Å²) in [4.78, 5) is 36.2. The molecule has 8 heteroatoms. The molecular formula is C26H26N4O4. The number of hydrogen-bond donors (Lipinski definition) is 3. The number of aryl methyl sites for hydroxylation is 3. The highest BCUT2D eigenvalue weighted by Crippen LogP contribution is 2.17. The summed E-state index contributed by atoms with van der Waals surface area (Å²) in [5.74, 6) is -1.53. The van der Waals surface area contributed by atoms with Crippen LogP contribution in [0.25, 0.3) is 0 Å². The largest absolute Gasteiger partial charge is 0.484 e. The lowest BCUT2D eigenvalue weighted by molar-refractivity contribution is -0.136. The molecule has 3 aromatic carbocycles. The molecule has 0 heterocycles. The molecule has 0 bridgehead atoms. The van der Waals surface area contributed by atoms with E-state index in [4.69, 9.17) is 4.74 Å². The van der Waals surface area contributed by atoms with E-state index in [2.05, 4.69) is 21.2 Å². The number of hydrogen-bond acceptors (Lipinski definition) is 5. The molecule has 3 aromatic rings. The average Bonchev–Trinajstić information content (AvgIpc) is 2.81. The summed E-state index contributed by atoms with van der Waals surface area (Å²) in [6.45, 7) is 5.58. The Labute approximate surface area is 198 Å². The third-order valence-corrected chi connectivity index (χ3v) is 4.86. The molecule has 174 valence electrons. The number of anilines is 2. The van der Waals surface area contributed by atoms with Gasteiger partial charge in [-0.25, -0.2) is 5.43 Å². The molecule has 0 aliphatic carbocycles. The number of rotatable bonds is 7. The lowest BCUT2D eigenvalue weighted by Gasteiger charge is -2.10. The van der Waals surface area contributed by atoms with E-state index in [1.165, 1.54) is 6.21 Å². The van der Waals surface area contributed by atoms with Gasteiger partial charge >= 0.3 is 11.8 Å². The van der Waals surface area contributed by atoms with Crippen LogP contribution in [-0.2, 0) is 14.4 Å². The van der Waals surface area contributed by atoms with Crippen LogP contribution in [-0.4, -0.2) is 30.5 Å². The van der Waals surface area contributed by atoms with Crippen molar-refractivity contribution < 1.29 is 19.1 Å². The number of carbonyl (C=O) groups is 3. The molecule has 0 spiro atoms. The molecule has 8 nitrogen and oxygen atoms in total. The zero-order valence-electron chi connectivity index (χ0n) is 19.2. The van der Waals surface area contributed by atoms with Gasteiger partial charge in [0.1, 0.15) is 5.75 Å². The highest BCUT2D eigenvalue weighted by Gasteiger charge is 2.13. The molecule has 0 saturated heterocycles. The van der Waals surface area contributed by atoms with Gasteiger partial charge in [0.25, 0.3) is 5.91 Å². The van der Waals surface area contributed by atoms with Crippen LogP contribution in [0.2, 0.25) is 0 Å². The van der Waals surface area contributed by atoms with Gasteiger partial charge in [0.05, 0.1) is 6.21 Å². The first-order valence-corrected chi connectivity index (χ1v) is 10.6. The predicted octanol–water partition coefficient (Wildman–Crippen LogP) is 3.72. The molecule has 0 saturated carbocycles. The van der Waals surface area contributed by atoms with E-state index in [9.17, 15) is 14.4 Å². The van der Waals surface area contributed by atoms with Crippen molar-refractivity contribution in [3.05, 3.63) is 89.0 Å². The Bertz CT molecular complexity index is 1240. The van der Waals surface area contributed by atoms with Crippen molar-refractivity contribution >= 4 is 35.3 Å². The van der Waals surface area contributed by atoms with Crippen molar-refractivity contribution in [3.63, 3.8) is 0 Å². The quantitative estimate of drug-likeness (QED) is 0.285. The lowest BCUT2D eigenvalue weighted by Crippen LogP contribution is -2.32. The van der Waals surface area contributed by atoms with Gasteiger partial charge < -0.3 is 15.4 Å². The molecule has 0 radical (unpaired) electrons. The van der Waals surface area contributed by atoms with Gasteiger partial charge in [0.2, 0.25) is 0 Å². The second-order valence-corrected chi connectivity index (χ2v) is 7.70. The smallest absolute Gasteiger partial charge is 0.329 e. The van der Waals surface area contributed by atoms with Gasteiger partial charge in [-0.2, -0.15) is 5.10 Å². The summed E-state index contributed by atoms with van der Waals surface area (Å²) in [5, 5.41) is 9.18. The summed E-state index contributed by atoms with van der Waals surface area (Å²) >= 11 is 0. The van der Waals surface area contributed by atoms with Crippen molar-refractivity contribution in [2.75, 3.05) is 17.2 Å². The van der Waals surface area contributed by atoms with Gasteiger partial charge in [-0.1, -0.05) is 48.0 Å².